The first-order chi connectivity index (χ1) is 8.86. The van der Waals surface area contributed by atoms with Crippen molar-refractivity contribution in [3.8, 4) is 18.1 Å². The van der Waals surface area contributed by atoms with Gasteiger partial charge in [0.15, 0.2) is 6.10 Å². The zero-order chi connectivity index (χ0) is 14.5. The van der Waals surface area contributed by atoms with Crippen LogP contribution in [0.4, 0.5) is 0 Å². The van der Waals surface area contributed by atoms with E-state index in [4.69, 9.17) is 15.9 Å². The molecule has 1 unspecified atom stereocenters. The third-order valence-corrected chi connectivity index (χ3v) is 2.63. The molecule has 0 aliphatic heterocycles. The van der Waals surface area contributed by atoms with Crippen LogP contribution in [0.3, 0.4) is 0 Å². The van der Waals surface area contributed by atoms with Gasteiger partial charge in [-0.3, -0.25) is 4.79 Å². The Hall–Kier alpha value is -1.95. The van der Waals surface area contributed by atoms with Crippen LogP contribution in [0.25, 0.3) is 0 Å². The molecule has 3 nitrogen and oxygen atoms in total. The van der Waals surface area contributed by atoms with Crippen LogP contribution < -0.4 is 4.74 Å². The van der Waals surface area contributed by atoms with Gasteiger partial charge in [-0.2, -0.15) is 0 Å². The van der Waals surface area contributed by atoms with Crippen LogP contribution in [-0.2, 0) is 16.0 Å². The molecule has 1 atom stereocenters. The smallest absolute Gasteiger partial charge is 0.312 e. The molecule has 3 heteroatoms. The average molecular weight is 260 g/mol. The summed E-state index contributed by atoms with van der Waals surface area (Å²) in [7, 11) is 1.62. The van der Waals surface area contributed by atoms with Gasteiger partial charge in [0.1, 0.15) is 5.75 Å². The summed E-state index contributed by atoms with van der Waals surface area (Å²) in [4.78, 5) is 11.8. The molecule has 0 radical (unpaired) electrons. The van der Waals surface area contributed by atoms with Gasteiger partial charge in [0.05, 0.1) is 12.5 Å². The molecule has 0 bridgehead atoms. The highest BCUT2D eigenvalue weighted by atomic mass is 16.5. The van der Waals surface area contributed by atoms with Gasteiger partial charge < -0.3 is 9.47 Å². The lowest BCUT2D eigenvalue weighted by Crippen LogP contribution is -2.28. The third kappa shape index (κ3) is 4.67. The normalized spacial score (nSPS) is 12.4. The number of hydrogen-bond acceptors (Lipinski definition) is 3. The van der Waals surface area contributed by atoms with Gasteiger partial charge in [0.25, 0.3) is 0 Å². The first-order valence-corrected chi connectivity index (χ1v) is 6.17. The van der Waals surface area contributed by atoms with Crippen LogP contribution >= 0.6 is 0 Å². The number of esters is 1. The molecule has 0 N–H and O–H groups in total. The van der Waals surface area contributed by atoms with Crippen LogP contribution in [-0.4, -0.2) is 19.2 Å². The van der Waals surface area contributed by atoms with E-state index in [1.165, 1.54) is 0 Å². The van der Waals surface area contributed by atoms with Crippen molar-refractivity contribution in [2.24, 2.45) is 5.41 Å². The summed E-state index contributed by atoms with van der Waals surface area (Å²) in [6.07, 6.45) is 5.38. The van der Waals surface area contributed by atoms with Gasteiger partial charge in [-0.1, -0.05) is 18.1 Å². The predicted molar refractivity (Wildman–Crippen MR) is 74.9 cm³/mol. The summed E-state index contributed by atoms with van der Waals surface area (Å²) in [6, 6.07) is 7.53. The molecule has 0 aliphatic rings. The van der Waals surface area contributed by atoms with E-state index in [0.29, 0.717) is 6.42 Å². The largest absolute Gasteiger partial charge is 0.497 e. The van der Waals surface area contributed by atoms with Crippen molar-refractivity contribution < 1.29 is 14.3 Å². The van der Waals surface area contributed by atoms with Gasteiger partial charge in [-0.25, -0.2) is 0 Å². The Kier molecular flexibility index (Phi) is 5.00. The molecule has 102 valence electrons. The van der Waals surface area contributed by atoms with Gasteiger partial charge >= 0.3 is 5.97 Å². The number of benzene rings is 1. The molecular formula is C16H20O3. The Labute approximate surface area is 114 Å². The standard InChI is InChI=1S/C16H20O3/c1-6-13(19-15(17)16(2,3)4)11-12-7-9-14(18-5)10-8-12/h1,7-10,13H,11H2,2-5H3. The zero-order valence-corrected chi connectivity index (χ0v) is 11.9. The molecule has 1 aromatic rings. The minimum Gasteiger partial charge on any atom is -0.497 e. The highest BCUT2D eigenvalue weighted by Crippen LogP contribution is 2.18. The Morgan fingerprint density at radius 2 is 1.89 bits per heavy atom. The molecule has 1 aromatic carbocycles. The molecular weight excluding hydrogens is 240 g/mol. The molecule has 1 rings (SSSR count). The van der Waals surface area contributed by atoms with Crippen molar-refractivity contribution in [3.05, 3.63) is 29.8 Å². The lowest BCUT2D eigenvalue weighted by atomic mass is 9.97. The minimum absolute atomic E-state index is 0.288. The number of carbonyl (C=O) groups is 1. The molecule has 0 aliphatic carbocycles. The third-order valence-electron chi connectivity index (χ3n) is 2.63. The Balaban J connectivity index is 2.67. The maximum Gasteiger partial charge on any atom is 0.312 e. The number of rotatable bonds is 4. The first kappa shape index (κ1) is 15.1. The van der Waals surface area contributed by atoms with Crippen LogP contribution in [0, 0.1) is 17.8 Å². The van der Waals surface area contributed by atoms with Crippen molar-refractivity contribution >= 4 is 5.97 Å². The summed E-state index contributed by atoms with van der Waals surface area (Å²) >= 11 is 0. The molecule has 0 aromatic heterocycles. The number of ether oxygens (including phenoxy) is 2. The summed E-state index contributed by atoms with van der Waals surface area (Å²) in [5, 5.41) is 0. The van der Waals surface area contributed by atoms with Crippen molar-refractivity contribution in [1.29, 1.82) is 0 Å². The molecule has 0 heterocycles. The summed E-state index contributed by atoms with van der Waals surface area (Å²) in [5.74, 6) is 3.00. The van der Waals surface area contributed by atoms with Crippen LogP contribution in [0.1, 0.15) is 26.3 Å². The van der Waals surface area contributed by atoms with E-state index in [9.17, 15) is 4.79 Å². The fraction of sp³-hybridized carbons (Fsp3) is 0.438. The maximum atomic E-state index is 11.8. The molecule has 19 heavy (non-hydrogen) atoms. The maximum absolute atomic E-state index is 11.8. The van der Waals surface area contributed by atoms with Crippen molar-refractivity contribution in [3.63, 3.8) is 0 Å². The molecule has 0 amide bonds. The fourth-order valence-corrected chi connectivity index (χ4v) is 1.42. The van der Waals surface area contributed by atoms with Gasteiger partial charge in [-0.15, -0.1) is 6.42 Å². The minimum atomic E-state index is -0.547. The van der Waals surface area contributed by atoms with E-state index < -0.39 is 11.5 Å². The van der Waals surface area contributed by atoms with Crippen LogP contribution in [0.2, 0.25) is 0 Å². The lowest BCUT2D eigenvalue weighted by molar-refractivity contribution is -0.155. The Morgan fingerprint density at radius 3 is 2.32 bits per heavy atom. The second kappa shape index (κ2) is 6.29. The average Bonchev–Trinajstić information content (AvgIpc) is 2.37. The summed E-state index contributed by atoms with van der Waals surface area (Å²) in [6.45, 7) is 5.41. The molecule has 0 spiro atoms. The quantitative estimate of drug-likeness (QED) is 0.617. The van der Waals surface area contributed by atoms with E-state index in [0.717, 1.165) is 11.3 Å². The topological polar surface area (TPSA) is 35.5 Å². The van der Waals surface area contributed by atoms with Crippen molar-refractivity contribution in [1.82, 2.24) is 0 Å². The van der Waals surface area contributed by atoms with Crippen LogP contribution in [0.5, 0.6) is 5.75 Å². The number of methoxy groups -OCH3 is 1. The van der Waals surface area contributed by atoms with Gasteiger partial charge in [0, 0.05) is 6.42 Å². The van der Waals surface area contributed by atoms with Crippen LogP contribution in [0.15, 0.2) is 24.3 Å². The number of hydrogen-bond donors (Lipinski definition) is 0. The monoisotopic (exact) mass is 260 g/mol. The Bertz CT molecular complexity index is 460. The fourth-order valence-electron chi connectivity index (χ4n) is 1.42. The van der Waals surface area contributed by atoms with E-state index in [1.807, 2.05) is 24.3 Å². The number of carbonyl (C=O) groups excluding carboxylic acids is 1. The van der Waals surface area contributed by atoms with Gasteiger partial charge in [0.2, 0.25) is 0 Å². The summed E-state index contributed by atoms with van der Waals surface area (Å²) in [5.41, 5.74) is 0.458. The van der Waals surface area contributed by atoms with E-state index in [-0.39, 0.29) is 5.97 Å². The number of terminal acetylenes is 1. The highest BCUT2D eigenvalue weighted by Gasteiger charge is 2.25. The zero-order valence-electron chi connectivity index (χ0n) is 11.9. The van der Waals surface area contributed by atoms with E-state index in [1.54, 1.807) is 27.9 Å². The lowest BCUT2D eigenvalue weighted by Gasteiger charge is -2.20. The van der Waals surface area contributed by atoms with Crippen molar-refractivity contribution in [2.75, 3.05) is 7.11 Å². The highest BCUT2D eigenvalue weighted by molar-refractivity contribution is 5.75. The van der Waals surface area contributed by atoms with E-state index in [2.05, 4.69) is 5.92 Å². The summed E-state index contributed by atoms with van der Waals surface area (Å²) < 4.78 is 10.4. The molecule has 0 saturated heterocycles. The van der Waals surface area contributed by atoms with E-state index >= 15 is 0 Å². The molecule has 0 fully saturated rings. The SMILES string of the molecule is C#CC(Cc1ccc(OC)cc1)OC(=O)C(C)(C)C. The second-order valence-electron chi connectivity index (χ2n) is 5.36. The second-order valence-corrected chi connectivity index (χ2v) is 5.36. The Morgan fingerprint density at radius 1 is 1.32 bits per heavy atom. The van der Waals surface area contributed by atoms with Crippen molar-refractivity contribution in [2.45, 2.75) is 33.3 Å². The first-order valence-electron chi connectivity index (χ1n) is 6.17. The molecule has 0 saturated carbocycles. The predicted octanol–water partition coefficient (Wildman–Crippen LogP) is 2.83. The van der Waals surface area contributed by atoms with Gasteiger partial charge in [-0.05, 0) is 38.5 Å².